The van der Waals surface area contributed by atoms with E-state index in [9.17, 15) is 9.18 Å². The fourth-order valence-corrected chi connectivity index (χ4v) is 1.58. The molecule has 0 aliphatic rings. The van der Waals surface area contributed by atoms with Gasteiger partial charge in [0.2, 0.25) is 0 Å². The number of carbonyl (C=O) groups excluding carboxylic acids is 1. The number of halogens is 1. The minimum atomic E-state index is -0.578. The van der Waals surface area contributed by atoms with Gasteiger partial charge >= 0.3 is 0 Å². The number of nitrogens with zero attached hydrogens (tertiary/aromatic N) is 2. The number of rotatable bonds is 2. The number of nitrogens with two attached hydrogens (primary N) is 1. The minimum absolute atomic E-state index is 0.306. The maximum absolute atomic E-state index is 12.4. The Labute approximate surface area is 85.5 Å². The third kappa shape index (κ3) is 1.45. The molecule has 0 spiro atoms. The second kappa shape index (κ2) is 3.34. The molecule has 2 aromatic rings. The molecule has 1 amide bonds. The number of fused-ring (bicyclic) bond motifs is 1. The Bertz CT molecular complexity index is 533. The molecular formula is C10H10FN3O. The molecule has 0 aliphatic carbocycles. The van der Waals surface area contributed by atoms with Gasteiger partial charge in [0.05, 0.1) is 5.69 Å². The van der Waals surface area contributed by atoms with Crippen molar-refractivity contribution in [2.75, 3.05) is 0 Å². The van der Waals surface area contributed by atoms with Gasteiger partial charge in [0.1, 0.15) is 18.0 Å². The summed E-state index contributed by atoms with van der Waals surface area (Å²) in [6.07, 6.45) is 1.54. The third-order valence-electron chi connectivity index (χ3n) is 2.24. The smallest absolute Gasteiger partial charge is 0.267 e. The normalized spacial score (nSPS) is 10.8. The molecule has 0 saturated carbocycles. The molecule has 0 saturated heterocycles. The zero-order valence-electron chi connectivity index (χ0n) is 8.20. The highest BCUT2D eigenvalue weighted by Gasteiger charge is 2.13. The summed E-state index contributed by atoms with van der Waals surface area (Å²) in [6, 6.07) is 3.29. The predicted octanol–water partition coefficient (Wildman–Crippen LogP) is 1.21. The van der Waals surface area contributed by atoms with Gasteiger partial charge in [-0.25, -0.2) is 9.37 Å². The van der Waals surface area contributed by atoms with E-state index in [1.165, 1.54) is 10.6 Å². The maximum Gasteiger partial charge on any atom is 0.267 e. The third-order valence-corrected chi connectivity index (χ3v) is 2.24. The van der Waals surface area contributed by atoms with Gasteiger partial charge in [-0.15, -0.1) is 0 Å². The standard InChI is InChI=1S/C10H10FN3O/c1-6-9(10(12)15)14-5-7(4-11)2-3-8(14)13-6/h2-3,5H,4H2,1H3,(H2,12,15). The fraction of sp³-hybridized carbons (Fsp3) is 0.200. The Balaban J connectivity index is 2.77. The van der Waals surface area contributed by atoms with Crippen LogP contribution in [0.3, 0.4) is 0 Å². The molecule has 0 radical (unpaired) electrons. The lowest BCUT2D eigenvalue weighted by atomic mass is 10.3. The molecule has 2 heterocycles. The highest BCUT2D eigenvalue weighted by Crippen LogP contribution is 2.13. The molecule has 0 aromatic carbocycles. The molecule has 0 fully saturated rings. The minimum Gasteiger partial charge on any atom is -0.364 e. The number of aryl methyl sites for hydroxylation is 1. The van der Waals surface area contributed by atoms with Crippen LogP contribution in [-0.2, 0) is 6.67 Å². The van der Waals surface area contributed by atoms with Crippen molar-refractivity contribution in [2.24, 2.45) is 5.73 Å². The van der Waals surface area contributed by atoms with Gasteiger partial charge < -0.3 is 5.73 Å². The van der Waals surface area contributed by atoms with Crippen molar-refractivity contribution in [3.8, 4) is 0 Å². The molecule has 0 atom stereocenters. The van der Waals surface area contributed by atoms with Crippen molar-refractivity contribution in [1.29, 1.82) is 0 Å². The average Bonchev–Trinajstić information content (AvgIpc) is 2.52. The Kier molecular flexibility index (Phi) is 2.15. The summed E-state index contributed by atoms with van der Waals surface area (Å²) in [5, 5.41) is 0. The molecule has 2 aromatic heterocycles. The SMILES string of the molecule is Cc1nc2ccc(CF)cn2c1C(N)=O. The number of imidazole rings is 1. The first-order valence-corrected chi connectivity index (χ1v) is 4.47. The van der Waals surface area contributed by atoms with Gasteiger partial charge in [-0.05, 0) is 18.6 Å². The summed E-state index contributed by atoms with van der Waals surface area (Å²) in [7, 11) is 0. The van der Waals surface area contributed by atoms with Gasteiger partial charge in [-0.1, -0.05) is 6.07 Å². The van der Waals surface area contributed by atoms with Crippen LogP contribution in [0.1, 0.15) is 21.7 Å². The fourth-order valence-electron chi connectivity index (χ4n) is 1.58. The quantitative estimate of drug-likeness (QED) is 0.804. The van der Waals surface area contributed by atoms with Gasteiger partial charge in [-0.3, -0.25) is 9.20 Å². The van der Waals surface area contributed by atoms with E-state index in [1.807, 2.05) is 0 Å². The number of carbonyl (C=O) groups is 1. The van der Waals surface area contributed by atoms with Crippen molar-refractivity contribution in [2.45, 2.75) is 13.6 Å². The van der Waals surface area contributed by atoms with Crippen LogP contribution in [0.15, 0.2) is 18.3 Å². The number of hydrogen-bond donors (Lipinski definition) is 1. The monoisotopic (exact) mass is 207 g/mol. The predicted molar refractivity (Wildman–Crippen MR) is 53.3 cm³/mol. The first-order valence-electron chi connectivity index (χ1n) is 4.47. The molecule has 15 heavy (non-hydrogen) atoms. The van der Waals surface area contributed by atoms with E-state index in [0.717, 1.165) is 0 Å². The molecule has 2 N–H and O–H groups in total. The number of amides is 1. The molecule has 0 aliphatic heterocycles. The Hall–Kier alpha value is -1.91. The lowest BCUT2D eigenvalue weighted by Crippen LogP contribution is -2.15. The Morgan fingerprint density at radius 3 is 2.93 bits per heavy atom. The molecule has 0 bridgehead atoms. The van der Waals surface area contributed by atoms with Crippen molar-refractivity contribution < 1.29 is 9.18 Å². The van der Waals surface area contributed by atoms with Crippen LogP contribution in [0.4, 0.5) is 4.39 Å². The van der Waals surface area contributed by atoms with Crippen molar-refractivity contribution in [1.82, 2.24) is 9.38 Å². The zero-order valence-corrected chi connectivity index (χ0v) is 8.20. The van der Waals surface area contributed by atoms with Gasteiger partial charge in [-0.2, -0.15) is 0 Å². The first kappa shape index (κ1) is 9.64. The number of aromatic nitrogens is 2. The highest BCUT2D eigenvalue weighted by atomic mass is 19.1. The molecular weight excluding hydrogens is 197 g/mol. The molecule has 78 valence electrons. The van der Waals surface area contributed by atoms with E-state index >= 15 is 0 Å². The number of pyridine rings is 1. The average molecular weight is 207 g/mol. The van der Waals surface area contributed by atoms with Gasteiger partial charge in [0.15, 0.2) is 0 Å². The van der Waals surface area contributed by atoms with Crippen molar-refractivity contribution >= 4 is 11.6 Å². The van der Waals surface area contributed by atoms with E-state index in [2.05, 4.69) is 4.98 Å². The lowest BCUT2D eigenvalue weighted by Gasteiger charge is -2.00. The Morgan fingerprint density at radius 1 is 1.60 bits per heavy atom. The summed E-state index contributed by atoms with van der Waals surface area (Å²) < 4.78 is 14.0. The molecule has 2 rings (SSSR count). The molecule has 0 unspecified atom stereocenters. The summed E-state index contributed by atoms with van der Waals surface area (Å²) >= 11 is 0. The van der Waals surface area contributed by atoms with E-state index in [1.54, 1.807) is 19.1 Å². The molecule has 5 heteroatoms. The number of alkyl halides is 1. The molecule has 4 nitrogen and oxygen atoms in total. The second-order valence-electron chi connectivity index (χ2n) is 3.31. The summed E-state index contributed by atoms with van der Waals surface area (Å²) in [4.78, 5) is 15.3. The van der Waals surface area contributed by atoms with Crippen LogP contribution in [0, 0.1) is 6.92 Å². The summed E-state index contributed by atoms with van der Waals surface area (Å²) in [5.41, 5.74) is 7.17. The van der Waals surface area contributed by atoms with Crippen LogP contribution >= 0.6 is 0 Å². The zero-order chi connectivity index (χ0) is 11.0. The van der Waals surface area contributed by atoms with Crippen LogP contribution in [0.25, 0.3) is 5.65 Å². The lowest BCUT2D eigenvalue weighted by molar-refractivity contribution is 0.0994. The van der Waals surface area contributed by atoms with Crippen LogP contribution in [0.5, 0.6) is 0 Å². The van der Waals surface area contributed by atoms with Crippen LogP contribution in [-0.4, -0.2) is 15.3 Å². The second-order valence-corrected chi connectivity index (χ2v) is 3.31. The van der Waals surface area contributed by atoms with E-state index in [-0.39, 0.29) is 0 Å². The van der Waals surface area contributed by atoms with Crippen LogP contribution < -0.4 is 5.73 Å². The van der Waals surface area contributed by atoms with Crippen LogP contribution in [0.2, 0.25) is 0 Å². The maximum atomic E-state index is 12.4. The number of primary amides is 1. The summed E-state index contributed by atoms with van der Waals surface area (Å²) in [5.74, 6) is -0.559. The van der Waals surface area contributed by atoms with Crippen molar-refractivity contribution in [3.63, 3.8) is 0 Å². The largest absolute Gasteiger partial charge is 0.364 e. The van der Waals surface area contributed by atoms with Gasteiger partial charge in [0, 0.05) is 6.20 Å². The highest BCUT2D eigenvalue weighted by molar-refractivity contribution is 5.93. The van der Waals surface area contributed by atoms with E-state index < -0.39 is 12.6 Å². The van der Waals surface area contributed by atoms with E-state index in [0.29, 0.717) is 22.6 Å². The number of hydrogen-bond acceptors (Lipinski definition) is 2. The first-order chi connectivity index (χ1) is 7.13. The van der Waals surface area contributed by atoms with Crippen molar-refractivity contribution in [3.05, 3.63) is 35.3 Å². The van der Waals surface area contributed by atoms with E-state index in [4.69, 9.17) is 5.73 Å². The summed E-state index contributed by atoms with van der Waals surface area (Å²) in [6.45, 7) is 1.12. The van der Waals surface area contributed by atoms with Gasteiger partial charge in [0.25, 0.3) is 5.91 Å². The topological polar surface area (TPSA) is 60.4 Å². The Morgan fingerprint density at radius 2 is 2.33 bits per heavy atom.